The molecule has 3 N–H and O–H groups in total. The molecule has 4 rings (SSSR count). The first-order valence-electron chi connectivity index (χ1n) is 9.83. The summed E-state index contributed by atoms with van der Waals surface area (Å²) in [5.41, 5.74) is -0.112. The number of imide groups is 2. The molecular formula is C20H22FN3O5. The normalized spacial score (nSPS) is 27.1. The van der Waals surface area contributed by atoms with E-state index in [1.165, 1.54) is 6.07 Å². The first-order chi connectivity index (χ1) is 13.9. The number of hydrogen-bond donors (Lipinski definition) is 3. The maximum atomic E-state index is 14.6. The molecule has 154 valence electrons. The van der Waals surface area contributed by atoms with Crippen LogP contribution in [0.25, 0.3) is 0 Å². The SMILES string of the molecule is O=C1CCC(N2C(=O)c3ccc(F)c(NCC4CCCC(O)C4)c3C2=O)C(=O)N1. The van der Waals surface area contributed by atoms with E-state index in [1.54, 1.807) is 0 Å². The summed E-state index contributed by atoms with van der Waals surface area (Å²) in [6, 6.07) is 1.27. The number of rotatable bonds is 4. The number of fused-ring (bicyclic) bond motifs is 1. The fourth-order valence-corrected chi connectivity index (χ4v) is 4.40. The predicted molar refractivity (Wildman–Crippen MR) is 99.5 cm³/mol. The molecule has 3 unspecified atom stereocenters. The molecule has 8 nitrogen and oxygen atoms in total. The lowest BCUT2D eigenvalue weighted by atomic mass is 9.87. The highest BCUT2D eigenvalue weighted by molar-refractivity contribution is 6.25. The van der Waals surface area contributed by atoms with Gasteiger partial charge in [0.15, 0.2) is 0 Å². The Morgan fingerprint density at radius 2 is 1.93 bits per heavy atom. The zero-order valence-electron chi connectivity index (χ0n) is 15.7. The second kappa shape index (κ2) is 7.55. The lowest BCUT2D eigenvalue weighted by Gasteiger charge is -2.28. The Morgan fingerprint density at radius 3 is 2.66 bits per heavy atom. The lowest BCUT2D eigenvalue weighted by Crippen LogP contribution is -2.54. The maximum absolute atomic E-state index is 14.6. The van der Waals surface area contributed by atoms with E-state index in [9.17, 15) is 28.7 Å². The molecule has 2 fully saturated rings. The number of halogens is 1. The van der Waals surface area contributed by atoms with Crippen molar-refractivity contribution in [2.45, 2.75) is 50.7 Å². The molecule has 1 aromatic rings. The largest absolute Gasteiger partial charge is 0.393 e. The first kappa shape index (κ1) is 19.5. The van der Waals surface area contributed by atoms with E-state index in [0.29, 0.717) is 13.0 Å². The Hall–Kier alpha value is -2.81. The molecule has 0 aromatic heterocycles. The van der Waals surface area contributed by atoms with E-state index in [0.717, 1.165) is 30.2 Å². The number of carbonyl (C=O) groups is 4. The topological polar surface area (TPSA) is 116 Å². The van der Waals surface area contributed by atoms with Gasteiger partial charge in [0.25, 0.3) is 11.8 Å². The lowest BCUT2D eigenvalue weighted by molar-refractivity contribution is -0.136. The van der Waals surface area contributed by atoms with Crippen molar-refractivity contribution in [2.24, 2.45) is 5.92 Å². The quantitative estimate of drug-likeness (QED) is 0.651. The Kier molecular flexibility index (Phi) is 5.08. The van der Waals surface area contributed by atoms with Gasteiger partial charge in [-0.05, 0) is 43.7 Å². The van der Waals surface area contributed by atoms with Crippen molar-refractivity contribution < 1.29 is 28.7 Å². The molecule has 2 aliphatic heterocycles. The summed E-state index contributed by atoms with van der Waals surface area (Å²) >= 11 is 0. The minimum absolute atomic E-state index is 0.0211. The van der Waals surface area contributed by atoms with Gasteiger partial charge in [-0.3, -0.25) is 29.4 Å². The Balaban J connectivity index is 1.59. The van der Waals surface area contributed by atoms with Crippen LogP contribution in [0.1, 0.15) is 59.2 Å². The van der Waals surface area contributed by atoms with Crippen LogP contribution < -0.4 is 10.6 Å². The summed E-state index contributed by atoms with van der Waals surface area (Å²) in [5.74, 6) is -3.10. The number of nitrogens with one attached hydrogen (secondary N) is 2. The molecular weight excluding hydrogens is 381 g/mol. The van der Waals surface area contributed by atoms with E-state index in [4.69, 9.17) is 0 Å². The predicted octanol–water partition coefficient (Wildman–Crippen LogP) is 1.19. The number of aliphatic hydroxyl groups excluding tert-OH is 1. The van der Waals surface area contributed by atoms with Crippen LogP contribution in [0.4, 0.5) is 10.1 Å². The summed E-state index contributed by atoms with van der Waals surface area (Å²) in [5, 5.41) is 14.9. The highest BCUT2D eigenvalue weighted by atomic mass is 19.1. The first-order valence-corrected chi connectivity index (χ1v) is 9.83. The molecule has 0 bridgehead atoms. The summed E-state index contributed by atoms with van der Waals surface area (Å²) in [4.78, 5) is 50.2. The van der Waals surface area contributed by atoms with Crippen molar-refractivity contribution in [2.75, 3.05) is 11.9 Å². The third-order valence-electron chi connectivity index (χ3n) is 5.88. The third kappa shape index (κ3) is 3.50. The Labute approximate surface area is 166 Å². The summed E-state index contributed by atoms with van der Waals surface area (Å²) in [7, 11) is 0. The van der Waals surface area contributed by atoms with Gasteiger partial charge >= 0.3 is 0 Å². The zero-order valence-corrected chi connectivity index (χ0v) is 15.7. The van der Waals surface area contributed by atoms with Crippen LogP contribution in [0.15, 0.2) is 12.1 Å². The number of aliphatic hydroxyl groups is 1. The fourth-order valence-electron chi connectivity index (χ4n) is 4.40. The monoisotopic (exact) mass is 403 g/mol. The molecule has 1 aliphatic carbocycles. The van der Waals surface area contributed by atoms with E-state index in [2.05, 4.69) is 10.6 Å². The molecule has 3 aliphatic rings. The van der Waals surface area contributed by atoms with Gasteiger partial charge in [0, 0.05) is 13.0 Å². The van der Waals surface area contributed by atoms with E-state index in [1.807, 2.05) is 0 Å². The van der Waals surface area contributed by atoms with Crippen molar-refractivity contribution in [1.29, 1.82) is 0 Å². The average molecular weight is 403 g/mol. The van der Waals surface area contributed by atoms with Crippen LogP contribution in [0.3, 0.4) is 0 Å². The highest BCUT2D eigenvalue weighted by Gasteiger charge is 2.46. The molecule has 1 aromatic carbocycles. The molecule has 0 spiro atoms. The molecule has 3 atom stereocenters. The Morgan fingerprint density at radius 1 is 1.14 bits per heavy atom. The van der Waals surface area contributed by atoms with Crippen molar-refractivity contribution in [3.63, 3.8) is 0 Å². The summed E-state index contributed by atoms with van der Waals surface area (Å²) in [6.07, 6.45) is 2.79. The Bertz CT molecular complexity index is 902. The molecule has 1 saturated carbocycles. The number of anilines is 1. The van der Waals surface area contributed by atoms with Crippen LogP contribution in [0.2, 0.25) is 0 Å². The zero-order chi connectivity index (χ0) is 20.7. The van der Waals surface area contributed by atoms with Gasteiger partial charge < -0.3 is 10.4 Å². The van der Waals surface area contributed by atoms with Crippen molar-refractivity contribution in [1.82, 2.24) is 10.2 Å². The molecule has 2 heterocycles. The van der Waals surface area contributed by atoms with Crippen LogP contribution >= 0.6 is 0 Å². The van der Waals surface area contributed by atoms with Crippen molar-refractivity contribution >= 4 is 29.3 Å². The van der Waals surface area contributed by atoms with Gasteiger partial charge in [-0.25, -0.2) is 4.39 Å². The number of hydrogen-bond acceptors (Lipinski definition) is 6. The van der Waals surface area contributed by atoms with Crippen LogP contribution in [-0.4, -0.2) is 52.3 Å². The number of nitrogens with zero attached hydrogens (tertiary/aromatic N) is 1. The smallest absolute Gasteiger partial charge is 0.264 e. The number of amides is 4. The number of piperidine rings is 1. The molecule has 9 heteroatoms. The van der Waals surface area contributed by atoms with Gasteiger partial charge in [-0.1, -0.05) is 6.42 Å². The molecule has 1 saturated heterocycles. The summed E-state index contributed by atoms with van der Waals surface area (Å²) in [6.45, 7) is 0.365. The van der Waals surface area contributed by atoms with Crippen molar-refractivity contribution in [3.8, 4) is 0 Å². The molecule has 29 heavy (non-hydrogen) atoms. The second-order valence-electron chi connectivity index (χ2n) is 7.86. The van der Waals surface area contributed by atoms with E-state index < -0.39 is 35.5 Å². The van der Waals surface area contributed by atoms with Crippen LogP contribution in [0, 0.1) is 11.7 Å². The summed E-state index contributed by atoms with van der Waals surface area (Å²) < 4.78 is 14.6. The van der Waals surface area contributed by atoms with Gasteiger partial charge in [0.2, 0.25) is 11.8 Å². The average Bonchev–Trinajstić information content (AvgIpc) is 2.92. The second-order valence-corrected chi connectivity index (χ2v) is 7.86. The van der Waals surface area contributed by atoms with Gasteiger partial charge in [0.05, 0.1) is 22.9 Å². The van der Waals surface area contributed by atoms with Gasteiger partial charge in [0.1, 0.15) is 11.9 Å². The van der Waals surface area contributed by atoms with Crippen LogP contribution in [0.5, 0.6) is 0 Å². The molecule has 4 amide bonds. The minimum Gasteiger partial charge on any atom is -0.393 e. The minimum atomic E-state index is -1.09. The number of carbonyl (C=O) groups excluding carboxylic acids is 4. The fraction of sp³-hybridized carbons (Fsp3) is 0.500. The number of benzene rings is 1. The van der Waals surface area contributed by atoms with E-state index >= 15 is 0 Å². The van der Waals surface area contributed by atoms with Gasteiger partial charge in [-0.2, -0.15) is 0 Å². The van der Waals surface area contributed by atoms with Crippen LogP contribution in [-0.2, 0) is 9.59 Å². The maximum Gasteiger partial charge on any atom is 0.264 e. The van der Waals surface area contributed by atoms with E-state index in [-0.39, 0.29) is 41.7 Å². The van der Waals surface area contributed by atoms with Crippen molar-refractivity contribution in [3.05, 3.63) is 29.1 Å². The molecule has 0 radical (unpaired) electrons. The highest BCUT2D eigenvalue weighted by Crippen LogP contribution is 2.35. The van der Waals surface area contributed by atoms with Gasteiger partial charge in [-0.15, -0.1) is 0 Å². The third-order valence-corrected chi connectivity index (χ3v) is 5.88. The standard InChI is InChI=1S/C20H22FN3O5/c21-13-5-4-12-16(17(13)22-9-10-2-1-3-11(25)8-10)20(29)24(19(12)28)14-6-7-15(26)23-18(14)27/h4-5,10-11,14,22,25H,1-3,6-9H2,(H,23,26,27).